The van der Waals surface area contributed by atoms with Crippen LogP contribution in [0.4, 0.5) is 0 Å². The van der Waals surface area contributed by atoms with Gasteiger partial charge in [0.15, 0.2) is 6.10 Å². The average Bonchev–Trinajstić information content (AvgIpc) is 1.85. The first-order valence-corrected chi connectivity index (χ1v) is 4.31. The van der Waals surface area contributed by atoms with Gasteiger partial charge < -0.3 is 4.74 Å². The molecule has 10 heavy (non-hydrogen) atoms. The minimum Gasteiger partial charge on any atom is -0.467 e. The van der Waals surface area contributed by atoms with Crippen molar-refractivity contribution >= 4 is 26.9 Å². The highest BCUT2D eigenvalue weighted by Gasteiger charge is 2.15. The van der Waals surface area contributed by atoms with E-state index in [1.54, 1.807) is 0 Å². The van der Waals surface area contributed by atoms with E-state index in [-0.39, 0.29) is 0 Å². The van der Waals surface area contributed by atoms with Crippen LogP contribution in [0.25, 0.3) is 0 Å². The van der Waals surface area contributed by atoms with Crippen LogP contribution in [0, 0.1) is 0 Å². The molecule has 0 saturated heterocycles. The van der Waals surface area contributed by atoms with E-state index in [1.807, 2.05) is 0 Å². The quantitative estimate of drug-likeness (QED) is 0.473. The van der Waals surface area contributed by atoms with Crippen LogP contribution in [0.15, 0.2) is 0 Å². The Bertz CT molecular complexity index is 148. The zero-order valence-corrected chi connectivity index (χ0v) is 7.07. The molecule has 60 valence electrons. The minimum absolute atomic E-state index is 0.603. The molecule has 0 spiro atoms. The van der Waals surface area contributed by atoms with Gasteiger partial charge in [0.25, 0.3) is 10.3 Å². The molecule has 0 aromatic rings. The Kier molecular flexibility index (Phi) is 4.59. The minimum atomic E-state index is -1.95. The second-order valence-corrected chi connectivity index (χ2v) is 2.79. The van der Waals surface area contributed by atoms with Gasteiger partial charge in [-0.25, -0.2) is 9.00 Å². The predicted octanol–water partition coefficient (Wildman–Crippen LogP) is 0.382. The van der Waals surface area contributed by atoms with E-state index >= 15 is 0 Å². The summed E-state index contributed by atoms with van der Waals surface area (Å²) in [5, 5.41) is 0. The first-order valence-electron chi connectivity index (χ1n) is 2.41. The molecule has 0 amide bonds. The van der Waals surface area contributed by atoms with Gasteiger partial charge in [-0.1, -0.05) is 0 Å². The molecule has 0 radical (unpaired) electrons. The summed E-state index contributed by atoms with van der Waals surface area (Å²) in [6.07, 6.45) is -0.886. The third-order valence-electron chi connectivity index (χ3n) is 0.753. The average molecular weight is 187 g/mol. The lowest BCUT2D eigenvalue weighted by atomic mass is 10.4. The van der Waals surface area contributed by atoms with Crippen molar-refractivity contribution in [2.24, 2.45) is 0 Å². The normalized spacial score (nSPS) is 15.9. The van der Waals surface area contributed by atoms with Gasteiger partial charge in [0, 0.05) is 10.7 Å². The lowest BCUT2D eigenvalue weighted by Crippen LogP contribution is -2.21. The summed E-state index contributed by atoms with van der Waals surface area (Å²) in [6.45, 7) is 1.39. The van der Waals surface area contributed by atoms with Crippen LogP contribution in [0.1, 0.15) is 6.92 Å². The van der Waals surface area contributed by atoms with Gasteiger partial charge in [-0.2, -0.15) is 0 Å². The predicted molar refractivity (Wildman–Crippen MR) is 36.6 cm³/mol. The molecule has 0 bridgehead atoms. The van der Waals surface area contributed by atoms with E-state index < -0.39 is 22.4 Å². The Morgan fingerprint density at radius 3 is 2.50 bits per heavy atom. The van der Waals surface area contributed by atoms with Crippen LogP contribution in [0.2, 0.25) is 0 Å². The summed E-state index contributed by atoms with van der Waals surface area (Å²) in [6, 6.07) is 0. The van der Waals surface area contributed by atoms with Gasteiger partial charge in [0.05, 0.1) is 7.11 Å². The topological polar surface area (TPSA) is 52.6 Å². The number of ether oxygens (including phenoxy) is 1. The molecule has 4 nitrogen and oxygen atoms in total. The Labute approximate surface area is 65.6 Å². The van der Waals surface area contributed by atoms with Crippen LogP contribution >= 0.6 is 10.7 Å². The fraction of sp³-hybridized carbons (Fsp3) is 0.750. The van der Waals surface area contributed by atoms with Gasteiger partial charge in [0.1, 0.15) is 0 Å². The Morgan fingerprint density at radius 2 is 2.20 bits per heavy atom. The van der Waals surface area contributed by atoms with Gasteiger partial charge in [-0.05, 0) is 6.92 Å². The summed E-state index contributed by atoms with van der Waals surface area (Å²) in [7, 11) is 4.18. The van der Waals surface area contributed by atoms with Gasteiger partial charge >= 0.3 is 5.97 Å². The molecule has 0 saturated carbocycles. The molecule has 6 heteroatoms. The van der Waals surface area contributed by atoms with Crippen molar-refractivity contribution < 1.29 is 17.9 Å². The van der Waals surface area contributed by atoms with Crippen molar-refractivity contribution in [1.82, 2.24) is 0 Å². The van der Waals surface area contributed by atoms with Gasteiger partial charge in [0.2, 0.25) is 0 Å². The maximum atomic E-state index is 10.5. The molecular weight excluding hydrogens is 180 g/mol. The monoisotopic (exact) mass is 186 g/mol. The van der Waals surface area contributed by atoms with E-state index in [2.05, 4.69) is 8.92 Å². The zero-order valence-electron chi connectivity index (χ0n) is 5.50. The van der Waals surface area contributed by atoms with Crippen LogP contribution in [0.3, 0.4) is 0 Å². The summed E-state index contributed by atoms with van der Waals surface area (Å²) in [5.74, 6) is -0.603. The Hall–Kier alpha value is -0.130. The van der Waals surface area contributed by atoms with Crippen molar-refractivity contribution in [1.29, 1.82) is 0 Å². The summed E-state index contributed by atoms with van der Waals surface area (Å²) in [5.41, 5.74) is 0. The van der Waals surface area contributed by atoms with Crippen molar-refractivity contribution in [3.05, 3.63) is 0 Å². The lowest BCUT2D eigenvalue weighted by molar-refractivity contribution is -0.147. The lowest BCUT2D eigenvalue weighted by Gasteiger charge is -2.04. The van der Waals surface area contributed by atoms with Crippen LogP contribution in [-0.2, 0) is 24.0 Å². The highest BCUT2D eigenvalue weighted by atomic mass is 35.7. The third kappa shape index (κ3) is 3.81. The van der Waals surface area contributed by atoms with E-state index in [1.165, 1.54) is 14.0 Å². The molecule has 1 unspecified atom stereocenters. The van der Waals surface area contributed by atoms with Crippen molar-refractivity contribution in [3.63, 3.8) is 0 Å². The molecule has 0 aliphatic heterocycles. The number of rotatable bonds is 3. The largest absolute Gasteiger partial charge is 0.467 e. The second kappa shape index (κ2) is 4.65. The van der Waals surface area contributed by atoms with Crippen LogP contribution in [-0.4, -0.2) is 23.4 Å². The molecule has 0 aromatic carbocycles. The molecule has 0 rings (SSSR count). The van der Waals surface area contributed by atoms with E-state index in [0.29, 0.717) is 0 Å². The molecule has 0 aliphatic carbocycles. The summed E-state index contributed by atoms with van der Waals surface area (Å²) < 4.78 is 18.7. The standard InChI is InChI=1S/C4H7ClO4S/c1-3(4(6)8-2)9-10(5)7/h3H,1-2H3/t3-,10?/m1/s1. The molecular formula is C4H7ClO4S. The zero-order chi connectivity index (χ0) is 8.15. The van der Waals surface area contributed by atoms with Gasteiger partial charge in [-0.3, -0.25) is 4.18 Å². The van der Waals surface area contributed by atoms with E-state index in [0.717, 1.165) is 0 Å². The smallest absolute Gasteiger partial charge is 0.336 e. The summed E-state index contributed by atoms with van der Waals surface area (Å²) >= 11 is 0. The molecule has 0 aliphatic rings. The fourth-order valence-electron chi connectivity index (χ4n) is 0.319. The summed E-state index contributed by atoms with van der Waals surface area (Å²) in [4.78, 5) is 10.5. The van der Waals surface area contributed by atoms with Crippen molar-refractivity contribution in [3.8, 4) is 0 Å². The number of halogens is 1. The first-order chi connectivity index (χ1) is 4.57. The fourth-order valence-corrected chi connectivity index (χ4v) is 0.952. The maximum Gasteiger partial charge on any atom is 0.336 e. The number of carbonyl (C=O) groups is 1. The van der Waals surface area contributed by atoms with Crippen molar-refractivity contribution in [2.45, 2.75) is 13.0 Å². The molecule has 0 N–H and O–H groups in total. The third-order valence-corrected chi connectivity index (χ3v) is 1.41. The number of hydrogen-bond donors (Lipinski definition) is 0. The molecule has 0 fully saturated rings. The highest BCUT2D eigenvalue weighted by Crippen LogP contribution is 1.99. The number of esters is 1. The Balaban J connectivity index is 3.72. The highest BCUT2D eigenvalue weighted by molar-refractivity contribution is 8.04. The number of hydrogen-bond acceptors (Lipinski definition) is 4. The molecule has 2 atom stereocenters. The van der Waals surface area contributed by atoms with E-state index in [9.17, 15) is 9.00 Å². The SMILES string of the molecule is COC(=O)[C@@H](C)OS(=O)Cl. The molecule has 0 heterocycles. The first kappa shape index (κ1) is 9.87. The van der Waals surface area contributed by atoms with Crippen LogP contribution < -0.4 is 0 Å². The van der Waals surface area contributed by atoms with E-state index in [4.69, 9.17) is 10.7 Å². The van der Waals surface area contributed by atoms with Gasteiger partial charge in [-0.15, -0.1) is 0 Å². The van der Waals surface area contributed by atoms with Crippen molar-refractivity contribution in [2.75, 3.05) is 7.11 Å². The number of carbonyl (C=O) groups excluding carboxylic acids is 1. The Morgan fingerprint density at radius 1 is 1.70 bits per heavy atom. The molecule has 0 aromatic heterocycles. The van der Waals surface area contributed by atoms with Crippen LogP contribution in [0.5, 0.6) is 0 Å². The maximum absolute atomic E-state index is 10.5. The second-order valence-electron chi connectivity index (χ2n) is 1.46. The number of methoxy groups -OCH3 is 1.